The molecule has 6 nitrogen and oxygen atoms in total. The van der Waals surface area contributed by atoms with Crippen LogP contribution in [0.3, 0.4) is 0 Å². The van der Waals surface area contributed by atoms with E-state index in [0.717, 1.165) is 17.8 Å². The minimum absolute atomic E-state index is 0.0453. The first kappa shape index (κ1) is 18.9. The predicted octanol–water partition coefficient (Wildman–Crippen LogP) is 3.88. The number of carbonyl (C=O) groups excluding carboxylic acids is 1. The molecule has 0 bridgehead atoms. The van der Waals surface area contributed by atoms with Gasteiger partial charge in [0.25, 0.3) is 15.9 Å². The monoisotopic (exact) mass is 433 g/mol. The van der Waals surface area contributed by atoms with Crippen molar-refractivity contribution in [3.63, 3.8) is 0 Å². The van der Waals surface area contributed by atoms with Crippen LogP contribution in [-0.4, -0.2) is 25.4 Å². The van der Waals surface area contributed by atoms with E-state index in [-0.39, 0.29) is 22.0 Å². The van der Waals surface area contributed by atoms with Crippen LogP contribution in [0.25, 0.3) is 0 Å². The lowest BCUT2D eigenvalue weighted by Gasteiger charge is -2.08. The van der Waals surface area contributed by atoms with Crippen LogP contribution in [0.2, 0.25) is 4.34 Å². The van der Waals surface area contributed by atoms with Crippen molar-refractivity contribution in [2.24, 2.45) is 0 Å². The van der Waals surface area contributed by atoms with Gasteiger partial charge in [-0.2, -0.15) is 0 Å². The quantitative estimate of drug-likeness (QED) is 0.617. The minimum atomic E-state index is -3.79. The summed E-state index contributed by atoms with van der Waals surface area (Å²) < 4.78 is 27.5. The Morgan fingerprint density at radius 1 is 1.11 bits per heavy atom. The van der Waals surface area contributed by atoms with Gasteiger partial charge in [-0.25, -0.2) is 13.4 Å². The maximum atomic E-state index is 12.4. The number of hydrogen-bond donors (Lipinski definition) is 2. The average Bonchev–Trinajstić information content (AvgIpc) is 3.34. The largest absolute Gasteiger partial charge is 0.349 e. The molecular weight excluding hydrogens is 418 g/mol. The second-order valence-electron chi connectivity index (χ2n) is 6.43. The van der Waals surface area contributed by atoms with Crippen LogP contribution in [0.5, 0.6) is 0 Å². The fraction of sp³-hybridized carbons (Fsp3) is 0.158. The van der Waals surface area contributed by atoms with Crippen molar-refractivity contribution < 1.29 is 13.2 Å². The van der Waals surface area contributed by atoms with Gasteiger partial charge in [-0.3, -0.25) is 9.52 Å². The van der Waals surface area contributed by atoms with Crippen LogP contribution in [0, 0.1) is 0 Å². The lowest BCUT2D eigenvalue weighted by molar-refractivity contribution is 0.0950. The molecular formula is C19H16ClN3O3S2. The third-order valence-corrected chi connectivity index (χ3v) is 6.97. The first-order valence-corrected chi connectivity index (χ1v) is 11.2. The molecule has 4 rings (SSSR count). The number of nitrogens with zero attached hydrogens (tertiary/aromatic N) is 1. The summed E-state index contributed by atoms with van der Waals surface area (Å²) in [5.74, 6) is 0.117. The second kappa shape index (κ2) is 7.54. The molecule has 1 aliphatic carbocycles. The average molecular weight is 434 g/mol. The number of aromatic nitrogens is 1. The SMILES string of the molecule is O=C(N[C@H]1C[C@@H]1c1ccccc1)c1ccc(S(=O)(=O)Nc2ncc(Cl)s2)cc1. The summed E-state index contributed by atoms with van der Waals surface area (Å²) in [5, 5.41) is 3.18. The van der Waals surface area contributed by atoms with Gasteiger partial charge < -0.3 is 5.32 Å². The topological polar surface area (TPSA) is 88.2 Å². The molecule has 0 saturated heterocycles. The van der Waals surface area contributed by atoms with Crippen LogP contribution >= 0.6 is 22.9 Å². The van der Waals surface area contributed by atoms with Crippen molar-refractivity contribution in [3.05, 3.63) is 76.3 Å². The maximum absolute atomic E-state index is 12.4. The summed E-state index contributed by atoms with van der Waals surface area (Å²) in [6.45, 7) is 0. The number of thiazole rings is 1. The van der Waals surface area contributed by atoms with E-state index in [1.54, 1.807) is 0 Å². The summed E-state index contributed by atoms with van der Waals surface area (Å²) in [4.78, 5) is 16.3. The van der Waals surface area contributed by atoms with Gasteiger partial charge in [0.2, 0.25) is 0 Å². The summed E-state index contributed by atoms with van der Waals surface area (Å²) >= 11 is 6.79. The second-order valence-corrected chi connectivity index (χ2v) is 9.78. The first-order chi connectivity index (χ1) is 13.4. The standard InChI is InChI=1S/C19H16ClN3O3S2/c20-17-11-21-19(27-17)23-28(25,26)14-8-6-13(7-9-14)18(24)22-16-10-15(16)12-4-2-1-3-5-12/h1-9,11,15-16H,10H2,(H,21,23)(H,22,24)/t15-,16+/m1/s1. The maximum Gasteiger partial charge on any atom is 0.263 e. The van der Waals surface area contributed by atoms with Crippen LogP contribution in [-0.2, 0) is 10.0 Å². The molecule has 3 aromatic rings. The lowest BCUT2D eigenvalue weighted by atomic mass is 10.1. The summed E-state index contributed by atoms with van der Waals surface area (Å²) in [6, 6.07) is 15.9. The Kier molecular flexibility index (Phi) is 5.09. The van der Waals surface area contributed by atoms with Gasteiger partial charge in [0, 0.05) is 17.5 Å². The smallest absolute Gasteiger partial charge is 0.263 e. The summed E-state index contributed by atoms with van der Waals surface area (Å²) in [6.07, 6.45) is 2.28. The number of nitrogens with one attached hydrogen (secondary N) is 2. The molecule has 144 valence electrons. The number of rotatable bonds is 6. The lowest BCUT2D eigenvalue weighted by Crippen LogP contribution is -2.26. The molecule has 1 amide bonds. The molecule has 1 aromatic heterocycles. The Hall–Kier alpha value is -2.42. The van der Waals surface area contributed by atoms with Gasteiger partial charge in [0.05, 0.1) is 11.1 Å². The molecule has 28 heavy (non-hydrogen) atoms. The van der Waals surface area contributed by atoms with E-state index in [2.05, 4.69) is 27.2 Å². The van der Waals surface area contributed by atoms with Crippen LogP contribution in [0.15, 0.2) is 65.7 Å². The van der Waals surface area contributed by atoms with Gasteiger partial charge >= 0.3 is 0 Å². The van der Waals surface area contributed by atoms with Crippen LogP contribution < -0.4 is 10.0 Å². The molecule has 0 aliphatic heterocycles. The molecule has 1 heterocycles. The predicted molar refractivity (Wildman–Crippen MR) is 109 cm³/mol. The number of carbonyl (C=O) groups is 1. The zero-order valence-electron chi connectivity index (χ0n) is 14.5. The minimum Gasteiger partial charge on any atom is -0.349 e. The molecule has 0 spiro atoms. The van der Waals surface area contributed by atoms with Gasteiger partial charge in [-0.1, -0.05) is 53.3 Å². The van der Waals surface area contributed by atoms with Crippen molar-refractivity contribution in [2.75, 3.05) is 4.72 Å². The van der Waals surface area contributed by atoms with Gasteiger partial charge in [-0.15, -0.1) is 0 Å². The Bertz CT molecular complexity index is 1100. The number of anilines is 1. The third-order valence-electron chi connectivity index (χ3n) is 4.46. The van der Waals surface area contributed by atoms with Crippen molar-refractivity contribution in [2.45, 2.75) is 23.3 Å². The van der Waals surface area contributed by atoms with Gasteiger partial charge in [0.1, 0.15) is 4.34 Å². The Balaban J connectivity index is 1.40. The van der Waals surface area contributed by atoms with E-state index < -0.39 is 10.0 Å². The number of hydrogen-bond acceptors (Lipinski definition) is 5. The van der Waals surface area contributed by atoms with Crippen LogP contribution in [0.1, 0.15) is 28.3 Å². The molecule has 1 aliphatic rings. The van der Waals surface area contributed by atoms with E-state index in [0.29, 0.717) is 15.8 Å². The molecule has 2 aromatic carbocycles. The number of amides is 1. The van der Waals surface area contributed by atoms with Crippen LogP contribution in [0.4, 0.5) is 5.13 Å². The molecule has 9 heteroatoms. The highest BCUT2D eigenvalue weighted by Gasteiger charge is 2.39. The molecule has 1 saturated carbocycles. The number of benzene rings is 2. The van der Waals surface area contributed by atoms with Crippen molar-refractivity contribution in [1.82, 2.24) is 10.3 Å². The van der Waals surface area contributed by atoms with Crippen molar-refractivity contribution in [3.8, 4) is 0 Å². The highest BCUT2D eigenvalue weighted by atomic mass is 35.5. The van der Waals surface area contributed by atoms with E-state index in [9.17, 15) is 13.2 Å². The highest BCUT2D eigenvalue weighted by molar-refractivity contribution is 7.93. The fourth-order valence-corrected chi connectivity index (χ4v) is 4.99. The fourth-order valence-electron chi connectivity index (χ4n) is 2.94. The zero-order valence-corrected chi connectivity index (χ0v) is 16.9. The summed E-state index contributed by atoms with van der Waals surface area (Å²) in [7, 11) is -3.79. The van der Waals surface area contributed by atoms with Gasteiger partial charge in [-0.05, 0) is 36.2 Å². The van der Waals surface area contributed by atoms with E-state index in [1.165, 1.54) is 36.0 Å². The molecule has 2 atom stereocenters. The Labute approximate surface area is 171 Å². The first-order valence-electron chi connectivity index (χ1n) is 8.52. The molecule has 0 unspecified atom stereocenters. The number of halogens is 1. The van der Waals surface area contributed by atoms with E-state index >= 15 is 0 Å². The summed E-state index contributed by atoms with van der Waals surface area (Å²) in [5.41, 5.74) is 1.62. The zero-order chi connectivity index (χ0) is 19.7. The third kappa shape index (κ3) is 4.19. The Morgan fingerprint density at radius 3 is 2.46 bits per heavy atom. The van der Waals surface area contributed by atoms with E-state index in [1.807, 2.05) is 18.2 Å². The highest BCUT2D eigenvalue weighted by Crippen LogP contribution is 2.40. The molecule has 2 N–H and O–H groups in total. The van der Waals surface area contributed by atoms with Gasteiger partial charge in [0.15, 0.2) is 5.13 Å². The molecule has 0 radical (unpaired) electrons. The normalized spacial score (nSPS) is 18.5. The van der Waals surface area contributed by atoms with Crippen molar-refractivity contribution in [1.29, 1.82) is 0 Å². The number of sulfonamides is 1. The van der Waals surface area contributed by atoms with Crippen molar-refractivity contribution >= 4 is 44.0 Å². The van der Waals surface area contributed by atoms with E-state index in [4.69, 9.17) is 11.6 Å². The Morgan fingerprint density at radius 2 is 1.82 bits per heavy atom. The molecule has 1 fully saturated rings.